The van der Waals surface area contributed by atoms with Crippen LogP contribution in [0.5, 0.6) is 0 Å². The van der Waals surface area contributed by atoms with E-state index in [1.165, 1.54) is 0 Å². The number of hydrogen-bond acceptors (Lipinski definition) is 3. The SMILES string of the molecule is CCCC[O-].CCCC[O-].CCCC[O-].[O-2].[V]. The molecule has 0 fully saturated rings. The van der Waals surface area contributed by atoms with Crippen LogP contribution < -0.4 is 15.3 Å². The summed E-state index contributed by atoms with van der Waals surface area (Å²) >= 11 is 0. The Hall–Kier alpha value is 0.424. The number of rotatable bonds is 6. The Balaban J connectivity index is -0.0000000400. The first-order chi connectivity index (χ1) is 7.24. The van der Waals surface area contributed by atoms with Crippen LogP contribution in [0, 0.1) is 0 Å². The Bertz CT molecular complexity index is 55.3. The zero-order valence-electron chi connectivity index (χ0n) is 11.4. The van der Waals surface area contributed by atoms with Crippen LogP contribution in [-0.4, -0.2) is 19.8 Å². The minimum absolute atomic E-state index is 0. The van der Waals surface area contributed by atoms with Crippen molar-refractivity contribution in [2.75, 3.05) is 19.8 Å². The van der Waals surface area contributed by atoms with E-state index in [0.29, 0.717) is 0 Å². The Labute approximate surface area is 119 Å². The van der Waals surface area contributed by atoms with Gasteiger partial charge in [-0.2, -0.15) is 0 Å². The summed E-state index contributed by atoms with van der Waals surface area (Å²) in [5.41, 5.74) is 0. The van der Waals surface area contributed by atoms with Crippen LogP contribution in [0.1, 0.15) is 59.3 Å². The zero-order chi connectivity index (χ0) is 12.4. The van der Waals surface area contributed by atoms with Gasteiger partial charge in [0.05, 0.1) is 0 Å². The summed E-state index contributed by atoms with van der Waals surface area (Å²) in [6, 6.07) is 0. The molecule has 0 aromatic carbocycles. The molecule has 0 rings (SSSR count). The molecule has 0 aliphatic heterocycles. The minimum Gasteiger partial charge on any atom is -2.00 e. The topological polar surface area (TPSA) is 97.7 Å². The van der Waals surface area contributed by atoms with E-state index in [1.54, 1.807) is 0 Å². The molecular weight excluding hydrogens is 259 g/mol. The van der Waals surface area contributed by atoms with Crippen LogP contribution in [0.2, 0.25) is 0 Å². The molecule has 0 spiro atoms. The first-order valence-corrected chi connectivity index (χ1v) is 5.99. The Kier molecular flexibility index (Phi) is 78.8. The molecule has 0 atom stereocenters. The van der Waals surface area contributed by atoms with E-state index in [-0.39, 0.29) is 43.9 Å². The van der Waals surface area contributed by atoms with Crippen molar-refractivity contribution >= 4 is 0 Å². The second-order valence-electron chi connectivity index (χ2n) is 3.17. The maximum Gasteiger partial charge on any atom is 0 e. The molecule has 0 aromatic rings. The molecule has 0 heterocycles. The summed E-state index contributed by atoms with van der Waals surface area (Å²) < 4.78 is 0. The number of unbranched alkanes of at least 4 members (excludes halogenated alkanes) is 3. The van der Waals surface area contributed by atoms with Gasteiger partial charge in [0.2, 0.25) is 0 Å². The summed E-state index contributed by atoms with van der Waals surface area (Å²) in [6.45, 7) is 6.32. The molecule has 109 valence electrons. The quantitative estimate of drug-likeness (QED) is 0.703. The predicted octanol–water partition coefficient (Wildman–Crippen LogP) is 0.319. The van der Waals surface area contributed by atoms with Gasteiger partial charge < -0.3 is 20.8 Å². The van der Waals surface area contributed by atoms with Crippen LogP contribution in [0.15, 0.2) is 0 Å². The van der Waals surface area contributed by atoms with Crippen molar-refractivity contribution in [3.05, 3.63) is 0 Å². The van der Waals surface area contributed by atoms with E-state index in [0.717, 1.165) is 38.5 Å². The van der Waals surface area contributed by atoms with Gasteiger partial charge in [-0.25, -0.2) is 0 Å². The third kappa shape index (κ3) is 82.8. The van der Waals surface area contributed by atoms with Gasteiger partial charge in [-0.1, -0.05) is 59.3 Å². The molecule has 5 heteroatoms. The molecule has 0 saturated heterocycles. The van der Waals surface area contributed by atoms with Crippen molar-refractivity contribution in [1.29, 1.82) is 0 Å². The summed E-state index contributed by atoms with van der Waals surface area (Å²) in [7, 11) is 0. The molecule has 0 saturated carbocycles. The van der Waals surface area contributed by atoms with E-state index >= 15 is 0 Å². The maximum atomic E-state index is 9.53. The van der Waals surface area contributed by atoms with Gasteiger partial charge in [0, 0.05) is 18.6 Å². The fourth-order valence-electron chi connectivity index (χ4n) is 0.433. The van der Waals surface area contributed by atoms with E-state index in [1.807, 2.05) is 20.8 Å². The van der Waals surface area contributed by atoms with Crippen molar-refractivity contribution in [3.8, 4) is 0 Å². The molecule has 0 aromatic heterocycles. The van der Waals surface area contributed by atoms with E-state index in [2.05, 4.69) is 0 Å². The minimum atomic E-state index is 0. The largest absolute Gasteiger partial charge is 2.00 e. The van der Waals surface area contributed by atoms with Gasteiger partial charge in [-0.3, -0.25) is 0 Å². The first-order valence-electron chi connectivity index (χ1n) is 5.99. The van der Waals surface area contributed by atoms with E-state index in [9.17, 15) is 15.3 Å². The van der Waals surface area contributed by atoms with E-state index in [4.69, 9.17) is 0 Å². The fraction of sp³-hybridized carbons (Fsp3) is 1.00. The third-order valence-electron chi connectivity index (χ3n) is 1.49. The molecule has 0 bridgehead atoms. The fourth-order valence-corrected chi connectivity index (χ4v) is 0.433. The van der Waals surface area contributed by atoms with Gasteiger partial charge in [-0.05, 0) is 0 Å². The normalized spacial score (nSPS) is 7.41. The summed E-state index contributed by atoms with van der Waals surface area (Å²) in [6.07, 6.45) is 5.59. The summed E-state index contributed by atoms with van der Waals surface area (Å²) in [4.78, 5) is 0. The van der Waals surface area contributed by atoms with Crippen molar-refractivity contribution < 1.29 is 39.4 Å². The first kappa shape index (κ1) is 30.4. The van der Waals surface area contributed by atoms with E-state index < -0.39 is 0 Å². The van der Waals surface area contributed by atoms with Crippen LogP contribution in [-0.2, 0) is 24.0 Å². The molecule has 0 unspecified atom stereocenters. The second kappa shape index (κ2) is 44.0. The molecule has 0 amide bonds. The van der Waals surface area contributed by atoms with Gasteiger partial charge in [-0.15, -0.1) is 19.8 Å². The Morgan fingerprint density at radius 3 is 0.765 bits per heavy atom. The van der Waals surface area contributed by atoms with Crippen molar-refractivity contribution in [1.82, 2.24) is 0 Å². The molecule has 0 N–H and O–H groups in total. The predicted molar refractivity (Wildman–Crippen MR) is 60.0 cm³/mol. The smallest absolute Gasteiger partial charge is 0 e. The molecular formula is C12H27O4V-5. The standard InChI is InChI=1S/3C4H9O.O.V/c3*1-2-3-4-5;;/h3*2-4H2,1H3;;/q3*-1;-2;. The monoisotopic (exact) mass is 286 g/mol. The molecule has 0 aliphatic carbocycles. The van der Waals surface area contributed by atoms with Crippen LogP contribution >= 0.6 is 0 Å². The summed E-state index contributed by atoms with van der Waals surface area (Å²) in [5.74, 6) is 0. The maximum absolute atomic E-state index is 9.53. The van der Waals surface area contributed by atoms with Crippen LogP contribution in [0.4, 0.5) is 0 Å². The average Bonchev–Trinajstić information content (AvgIpc) is 2.23. The van der Waals surface area contributed by atoms with Crippen molar-refractivity contribution in [2.24, 2.45) is 0 Å². The van der Waals surface area contributed by atoms with Gasteiger partial charge in [0.25, 0.3) is 0 Å². The van der Waals surface area contributed by atoms with Crippen molar-refractivity contribution in [3.63, 3.8) is 0 Å². The van der Waals surface area contributed by atoms with Gasteiger partial charge >= 0.3 is 0 Å². The Morgan fingerprint density at radius 1 is 0.588 bits per heavy atom. The van der Waals surface area contributed by atoms with Gasteiger partial charge in [0.15, 0.2) is 0 Å². The molecule has 17 heavy (non-hydrogen) atoms. The van der Waals surface area contributed by atoms with Crippen LogP contribution in [0.3, 0.4) is 0 Å². The molecule has 0 aliphatic rings. The summed E-state index contributed by atoms with van der Waals surface area (Å²) in [5, 5.41) is 28.6. The number of hydrogen-bond donors (Lipinski definition) is 0. The molecule has 1 radical (unpaired) electrons. The van der Waals surface area contributed by atoms with Crippen molar-refractivity contribution in [2.45, 2.75) is 59.3 Å². The zero-order valence-corrected chi connectivity index (χ0v) is 12.8. The molecule has 4 nitrogen and oxygen atoms in total. The van der Waals surface area contributed by atoms with Gasteiger partial charge in [0.1, 0.15) is 0 Å². The average molecular weight is 286 g/mol. The Morgan fingerprint density at radius 2 is 0.765 bits per heavy atom. The van der Waals surface area contributed by atoms with Crippen LogP contribution in [0.25, 0.3) is 0 Å². The third-order valence-corrected chi connectivity index (χ3v) is 1.49. The second-order valence-corrected chi connectivity index (χ2v) is 3.17.